The van der Waals surface area contributed by atoms with Crippen molar-refractivity contribution in [3.8, 4) is 17.4 Å². The van der Waals surface area contributed by atoms with Gasteiger partial charge in [0.05, 0.1) is 36.4 Å². The van der Waals surface area contributed by atoms with Crippen LogP contribution in [-0.4, -0.2) is 71.4 Å². The van der Waals surface area contributed by atoms with Crippen molar-refractivity contribution < 1.29 is 27.0 Å². The van der Waals surface area contributed by atoms with Crippen LogP contribution in [0.25, 0.3) is 22.6 Å². The summed E-state index contributed by atoms with van der Waals surface area (Å²) in [4.78, 5) is 19.6. The van der Waals surface area contributed by atoms with Crippen LogP contribution < -0.4 is 10.1 Å². The molecule has 0 bridgehead atoms. The molecule has 11 nitrogen and oxygen atoms in total. The highest BCUT2D eigenvalue weighted by atomic mass is 35.5. The highest BCUT2D eigenvalue weighted by molar-refractivity contribution is 6.30. The Balaban J connectivity index is 1.03. The van der Waals surface area contributed by atoms with E-state index in [1.807, 2.05) is 17.2 Å². The molecule has 0 unspecified atom stereocenters. The van der Waals surface area contributed by atoms with E-state index in [9.17, 15) is 17.6 Å². The number of pyridine rings is 2. The van der Waals surface area contributed by atoms with Gasteiger partial charge in [-0.3, -0.25) is 15.0 Å². The molecule has 2 saturated heterocycles. The summed E-state index contributed by atoms with van der Waals surface area (Å²) in [5, 5.41) is 9.42. The summed E-state index contributed by atoms with van der Waals surface area (Å²) < 4.78 is 66.8. The number of nitrogens with one attached hydrogen (secondary N) is 2. The van der Waals surface area contributed by atoms with Crippen molar-refractivity contribution in [2.45, 2.75) is 50.9 Å². The van der Waals surface area contributed by atoms with E-state index in [4.69, 9.17) is 26.1 Å². The number of aromatic amines is 1. The Hall–Kier alpha value is -4.34. The Bertz CT molecular complexity index is 1860. The van der Waals surface area contributed by atoms with Crippen LogP contribution in [0.3, 0.4) is 0 Å². The number of anilines is 1. The lowest BCUT2D eigenvalue weighted by molar-refractivity contribution is -0.144. The van der Waals surface area contributed by atoms with Crippen molar-refractivity contribution in [3.63, 3.8) is 0 Å². The summed E-state index contributed by atoms with van der Waals surface area (Å²) in [5.74, 6) is 0.0499. The van der Waals surface area contributed by atoms with Gasteiger partial charge in [-0.15, -0.1) is 0 Å². The van der Waals surface area contributed by atoms with E-state index in [2.05, 4.69) is 34.8 Å². The second-order valence-corrected chi connectivity index (χ2v) is 11.7. The topological polar surface area (TPSA) is 119 Å². The molecule has 0 amide bonds. The number of aromatic nitrogens is 7. The first-order valence-electron chi connectivity index (χ1n) is 14.7. The van der Waals surface area contributed by atoms with Crippen LogP contribution in [0.4, 0.5) is 23.4 Å². The number of fused-ring (bicyclic) bond motifs is 1. The monoisotopic (exact) mass is 657 g/mol. The summed E-state index contributed by atoms with van der Waals surface area (Å²) in [6, 6.07) is 11.6. The zero-order chi connectivity index (χ0) is 31.8. The van der Waals surface area contributed by atoms with Gasteiger partial charge in [-0.05, 0) is 37.1 Å². The number of ether oxygens (including phenoxy) is 2. The average molecular weight is 658 g/mol. The Morgan fingerprint density at radius 1 is 1.11 bits per heavy atom. The minimum Gasteiger partial charge on any atom is -0.473 e. The maximum Gasteiger partial charge on any atom is 0.451 e. The molecule has 2 fully saturated rings. The first-order chi connectivity index (χ1) is 22.2. The summed E-state index contributed by atoms with van der Waals surface area (Å²) in [6.45, 7) is 3.42. The Kier molecular flexibility index (Phi) is 8.21. The van der Waals surface area contributed by atoms with Crippen LogP contribution in [0.2, 0.25) is 5.02 Å². The SMILES string of the molecule is Fc1cc(Cl)ccc1COc1cccc(N[C@@H]2CCN(Cc3nc4cc(-c5n[nH]c(C(F)(F)F)n5)ncc4n3C[C@@H]3CCO3)C2)n1. The van der Waals surface area contributed by atoms with Crippen molar-refractivity contribution in [3.05, 3.63) is 76.7 Å². The molecule has 2 aliphatic heterocycles. The molecule has 2 atom stereocenters. The predicted molar refractivity (Wildman–Crippen MR) is 160 cm³/mol. The second-order valence-electron chi connectivity index (χ2n) is 11.2. The zero-order valence-corrected chi connectivity index (χ0v) is 25.0. The minimum absolute atomic E-state index is 0.0212. The lowest BCUT2D eigenvalue weighted by Gasteiger charge is -2.28. The number of rotatable bonds is 10. The molecule has 0 saturated carbocycles. The van der Waals surface area contributed by atoms with Gasteiger partial charge in [-0.1, -0.05) is 23.7 Å². The van der Waals surface area contributed by atoms with E-state index in [1.54, 1.807) is 30.5 Å². The lowest BCUT2D eigenvalue weighted by atomic mass is 10.2. The van der Waals surface area contributed by atoms with Crippen LogP contribution in [-0.2, 0) is 30.6 Å². The molecular formula is C30H28ClF4N9O2. The standard InChI is InChI=1S/C30H28ClF4N9O2/c31-18-5-4-17(21(32)10-18)16-46-27-3-1-2-25(39-27)37-19-6-8-43(13-19)15-26-38-22-11-23(28-40-29(42-41-28)30(33,34)35)36-12-24(22)44(26)14-20-7-9-45-20/h1-5,10-12,19-20H,6-9,13-16H2,(H,37,39)(H,40,41,42)/t19-,20+/m1/s1. The van der Waals surface area contributed by atoms with E-state index in [1.165, 1.54) is 6.07 Å². The van der Waals surface area contributed by atoms with Crippen LogP contribution in [0.15, 0.2) is 48.7 Å². The summed E-state index contributed by atoms with van der Waals surface area (Å²) in [5.41, 5.74) is 1.92. The Morgan fingerprint density at radius 2 is 1.98 bits per heavy atom. The molecule has 16 heteroatoms. The third-order valence-corrected chi connectivity index (χ3v) is 8.21. The maximum atomic E-state index is 14.1. The molecule has 2 aliphatic rings. The molecule has 0 radical (unpaired) electrons. The molecule has 0 spiro atoms. The lowest BCUT2D eigenvalue weighted by Crippen LogP contribution is -2.33. The number of likely N-dealkylation sites (tertiary alicyclic amines) is 1. The molecule has 0 aliphatic carbocycles. The fraction of sp³-hybridized carbons (Fsp3) is 0.367. The zero-order valence-electron chi connectivity index (χ0n) is 24.3. The quantitative estimate of drug-likeness (QED) is 0.188. The van der Waals surface area contributed by atoms with Gasteiger partial charge in [0.2, 0.25) is 11.7 Å². The van der Waals surface area contributed by atoms with Crippen LogP contribution >= 0.6 is 11.6 Å². The Morgan fingerprint density at radius 3 is 2.74 bits per heavy atom. The summed E-state index contributed by atoms with van der Waals surface area (Å²) in [6.07, 6.45) is -1.18. The highest BCUT2D eigenvalue weighted by Gasteiger charge is 2.35. The minimum atomic E-state index is -4.64. The molecule has 4 aromatic heterocycles. The van der Waals surface area contributed by atoms with Gasteiger partial charge in [0.25, 0.3) is 0 Å². The van der Waals surface area contributed by atoms with Crippen LogP contribution in [0, 0.1) is 5.82 Å². The van der Waals surface area contributed by atoms with E-state index in [0.29, 0.717) is 47.5 Å². The third kappa shape index (κ3) is 6.62. The molecular weight excluding hydrogens is 630 g/mol. The van der Waals surface area contributed by atoms with Gasteiger partial charge in [0, 0.05) is 42.4 Å². The smallest absolute Gasteiger partial charge is 0.451 e. The Labute approximate surface area is 264 Å². The number of nitrogens with zero attached hydrogens (tertiary/aromatic N) is 7. The van der Waals surface area contributed by atoms with Crippen molar-refractivity contribution in [2.75, 3.05) is 25.0 Å². The van der Waals surface area contributed by atoms with Crippen molar-refractivity contribution >= 4 is 28.5 Å². The maximum absolute atomic E-state index is 14.1. The highest BCUT2D eigenvalue weighted by Crippen LogP contribution is 2.29. The molecule has 240 valence electrons. The number of imidazole rings is 1. The third-order valence-electron chi connectivity index (χ3n) is 7.98. The predicted octanol–water partition coefficient (Wildman–Crippen LogP) is 5.48. The van der Waals surface area contributed by atoms with Gasteiger partial charge in [0.15, 0.2) is 5.82 Å². The van der Waals surface area contributed by atoms with E-state index < -0.39 is 17.8 Å². The van der Waals surface area contributed by atoms with Crippen molar-refractivity contribution in [1.29, 1.82) is 0 Å². The molecule has 46 heavy (non-hydrogen) atoms. The normalized spacial score (nSPS) is 18.6. The number of hydrogen-bond donors (Lipinski definition) is 2. The fourth-order valence-corrected chi connectivity index (χ4v) is 5.68. The summed E-state index contributed by atoms with van der Waals surface area (Å²) >= 11 is 5.83. The largest absolute Gasteiger partial charge is 0.473 e. The number of H-pyrrole nitrogens is 1. The second kappa shape index (κ2) is 12.5. The van der Waals surface area contributed by atoms with Crippen LogP contribution in [0.5, 0.6) is 5.88 Å². The van der Waals surface area contributed by atoms with Gasteiger partial charge >= 0.3 is 6.18 Å². The molecule has 1 aromatic carbocycles. The average Bonchev–Trinajstić information content (AvgIpc) is 3.74. The van der Waals surface area contributed by atoms with Crippen molar-refractivity contribution in [1.82, 2.24) is 39.6 Å². The molecule has 7 rings (SSSR count). The van der Waals surface area contributed by atoms with Gasteiger partial charge in [0.1, 0.15) is 29.8 Å². The van der Waals surface area contributed by atoms with Gasteiger partial charge in [-0.25, -0.2) is 14.4 Å². The first-order valence-corrected chi connectivity index (χ1v) is 15.0. The van der Waals surface area contributed by atoms with E-state index in [-0.39, 0.29) is 30.3 Å². The number of benzene rings is 1. The van der Waals surface area contributed by atoms with Gasteiger partial charge < -0.3 is 19.4 Å². The molecule has 6 heterocycles. The number of hydrogen-bond acceptors (Lipinski definition) is 9. The fourth-order valence-electron chi connectivity index (χ4n) is 5.52. The van der Waals surface area contributed by atoms with E-state index >= 15 is 0 Å². The molecule has 2 N–H and O–H groups in total. The van der Waals surface area contributed by atoms with Crippen LogP contribution in [0.1, 0.15) is 30.1 Å². The van der Waals surface area contributed by atoms with Gasteiger partial charge in [-0.2, -0.15) is 23.3 Å². The number of halogens is 5. The molecule has 5 aromatic rings. The number of alkyl halides is 3. The summed E-state index contributed by atoms with van der Waals surface area (Å²) in [7, 11) is 0. The van der Waals surface area contributed by atoms with Crippen molar-refractivity contribution in [2.24, 2.45) is 0 Å². The van der Waals surface area contributed by atoms with E-state index in [0.717, 1.165) is 37.3 Å². The first kappa shape index (κ1) is 30.3.